The lowest BCUT2D eigenvalue weighted by Crippen LogP contribution is -2.32. The Morgan fingerprint density at radius 1 is 1.10 bits per heavy atom. The van der Waals surface area contributed by atoms with E-state index in [4.69, 9.17) is 0 Å². The summed E-state index contributed by atoms with van der Waals surface area (Å²) in [6.07, 6.45) is -4.89. The molecule has 0 unspecified atom stereocenters. The summed E-state index contributed by atoms with van der Waals surface area (Å²) in [5, 5.41) is 13.5. The van der Waals surface area contributed by atoms with Gasteiger partial charge in [-0.2, -0.15) is 0 Å². The first-order chi connectivity index (χ1) is 14.1. The molecule has 2 aromatic rings. The second kappa shape index (κ2) is 7.85. The highest BCUT2D eigenvalue weighted by atomic mass is 19.4. The smallest absolute Gasteiger partial charge is 0.406 e. The van der Waals surface area contributed by atoms with E-state index in [0.29, 0.717) is 0 Å². The molecular weight excluding hydrogens is 407 g/mol. The van der Waals surface area contributed by atoms with Crippen LogP contribution in [-0.4, -0.2) is 34.5 Å². The molecule has 1 aliphatic rings. The van der Waals surface area contributed by atoms with Gasteiger partial charge in [0.25, 0.3) is 17.5 Å². The number of likely N-dealkylation sites (N-methyl/N-ethyl adjacent to an activating group) is 1. The van der Waals surface area contributed by atoms with Gasteiger partial charge in [0.1, 0.15) is 11.4 Å². The van der Waals surface area contributed by atoms with Crippen LogP contribution in [0.4, 0.5) is 24.5 Å². The molecular formula is C19H14F3N3O5. The van der Waals surface area contributed by atoms with Crippen LogP contribution in [0.1, 0.15) is 12.5 Å². The Balaban J connectivity index is 2.01. The van der Waals surface area contributed by atoms with Crippen molar-refractivity contribution >= 4 is 28.8 Å². The molecule has 2 aromatic carbocycles. The molecule has 11 heteroatoms. The van der Waals surface area contributed by atoms with Crippen LogP contribution in [0.15, 0.2) is 54.2 Å². The van der Waals surface area contributed by atoms with Gasteiger partial charge in [-0.3, -0.25) is 24.6 Å². The number of non-ortho nitro benzene ring substituents is 1. The van der Waals surface area contributed by atoms with Gasteiger partial charge >= 0.3 is 6.36 Å². The lowest BCUT2D eigenvalue weighted by atomic mass is 10.0. The van der Waals surface area contributed by atoms with Gasteiger partial charge in [-0.15, -0.1) is 13.2 Å². The van der Waals surface area contributed by atoms with Gasteiger partial charge in [-0.25, -0.2) is 0 Å². The zero-order valence-corrected chi connectivity index (χ0v) is 15.4. The van der Waals surface area contributed by atoms with Gasteiger partial charge in [-0.1, -0.05) is 6.07 Å². The molecule has 8 nitrogen and oxygen atoms in total. The molecule has 0 atom stereocenters. The number of benzene rings is 2. The van der Waals surface area contributed by atoms with Crippen LogP contribution in [0.25, 0.3) is 5.57 Å². The highest BCUT2D eigenvalue weighted by molar-refractivity contribution is 6.36. The topological polar surface area (TPSA) is 102 Å². The number of nitrogens with one attached hydrogen (secondary N) is 1. The molecule has 0 aromatic heterocycles. The van der Waals surface area contributed by atoms with Crippen molar-refractivity contribution in [3.05, 3.63) is 69.9 Å². The number of halogens is 3. The fraction of sp³-hybridized carbons (Fsp3) is 0.158. The molecule has 3 rings (SSSR count). The number of hydrogen-bond acceptors (Lipinski definition) is 6. The minimum Gasteiger partial charge on any atom is -0.406 e. The minimum absolute atomic E-state index is 0.0427. The van der Waals surface area contributed by atoms with E-state index in [0.717, 1.165) is 17.0 Å². The Hall–Kier alpha value is -3.89. The van der Waals surface area contributed by atoms with E-state index in [9.17, 15) is 32.9 Å². The number of nitro groups is 1. The van der Waals surface area contributed by atoms with Crippen LogP contribution in [0.3, 0.4) is 0 Å². The Bertz CT molecular complexity index is 1050. The van der Waals surface area contributed by atoms with Gasteiger partial charge in [0, 0.05) is 30.4 Å². The summed E-state index contributed by atoms with van der Waals surface area (Å²) in [5.41, 5.74) is -0.0564. The Labute approximate surface area is 167 Å². The van der Waals surface area contributed by atoms with Crippen molar-refractivity contribution in [3.63, 3.8) is 0 Å². The Morgan fingerprint density at radius 3 is 2.33 bits per heavy atom. The normalized spacial score (nSPS) is 14.3. The zero-order chi connectivity index (χ0) is 22.1. The lowest BCUT2D eigenvalue weighted by molar-refractivity contribution is -0.384. The average Bonchev–Trinajstić information content (AvgIpc) is 2.90. The average molecular weight is 421 g/mol. The van der Waals surface area contributed by atoms with E-state index in [1.165, 1.54) is 36.4 Å². The van der Waals surface area contributed by atoms with E-state index in [1.807, 2.05) is 0 Å². The van der Waals surface area contributed by atoms with Crippen molar-refractivity contribution in [2.45, 2.75) is 13.3 Å². The van der Waals surface area contributed by atoms with Gasteiger partial charge < -0.3 is 10.1 Å². The number of anilines is 1. The predicted molar refractivity (Wildman–Crippen MR) is 99.2 cm³/mol. The quantitative estimate of drug-likeness (QED) is 0.434. The number of imide groups is 1. The number of carbonyl (C=O) groups excluding carboxylic acids is 2. The minimum atomic E-state index is -4.89. The molecule has 1 N–H and O–H groups in total. The molecule has 0 saturated carbocycles. The molecule has 0 aliphatic carbocycles. The first-order valence-corrected chi connectivity index (χ1v) is 8.59. The maximum absolute atomic E-state index is 12.7. The molecule has 30 heavy (non-hydrogen) atoms. The predicted octanol–water partition coefficient (Wildman–Crippen LogP) is 3.71. The molecule has 0 fully saturated rings. The van der Waals surface area contributed by atoms with Gasteiger partial charge in [0.05, 0.1) is 10.5 Å². The fourth-order valence-electron chi connectivity index (χ4n) is 2.91. The molecule has 156 valence electrons. The first-order valence-electron chi connectivity index (χ1n) is 8.59. The van der Waals surface area contributed by atoms with E-state index in [-0.39, 0.29) is 34.8 Å². The molecule has 2 amide bonds. The van der Waals surface area contributed by atoms with Crippen molar-refractivity contribution in [2.24, 2.45) is 0 Å². The largest absolute Gasteiger partial charge is 0.573 e. The van der Waals surface area contributed by atoms with Crippen LogP contribution in [0.2, 0.25) is 0 Å². The van der Waals surface area contributed by atoms with Crippen molar-refractivity contribution in [1.29, 1.82) is 0 Å². The number of nitro benzene ring substituents is 1. The zero-order valence-electron chi connectivity index (χ0n) is 15.4. The van der Waals surface area contributed by atoms with Gasteiger partial charge in [0.2, 0.25) is 0 Å². The first kappa shape index (κ1) is 20.8. The summed E-state index contributed by atoms with van der Waals surface area (Å²) in [6.45, 7) is 1.65. The van der Waals surface area contributed by atoms with Crippen LogP contribution in [0.5, 0.6) is 5.75 Å². The molecule has 1 heterocycles. The van der Waals surface area contributed by atoms with Crippen molar-refractivity contribution in [2.75, 3.05) is 11.9 Å². The molecule has 0 saturated heterocycles. The van der Waals surface area contributed by atoms with Gasteiger partial charge in [-0.05, 0) is 36.8 Å². The van der Waals surface area contributed by atoms with Crippen LogP contribution >= 0.6 is 0 Å². The highest BCUT2D eigenvalue weighted by Gasteiger charge is 2.38. The number of nitrogens with zero attached hydrogens (tertiary/aromatic N) is 2. The SMILES string of the molecule is CCN1C(=O)C(Nc2cccc(OC(F)(F)F)c2)=C(c2ccc([N+](=O)[O-])cc2)C1=O. The number of carbonyl (C=O) groups is 2. The third kappa shape index (κ3) is 4.24. The van der Waals surface area contributed by atoms with Crippen molar-refractivity contribution in [3.8, 4) is 5.75 Å². The summed E-state index contributed by atoms with van der Waals surface area (Å²) < 4.78 is 41.2. The maximum Gasteiger partial charge on any atom is 0.573 e. The van der Waals surface area contributed by atoms with E-state index >= 15 is 0 Å². The number of amides is 2. The molecule has 1 aliphatic heterocycles. The Kier molecular flexibility index (Phi) is 5.45. The van der Waals surface area contributed by atoms with Crippen LogP contribution in [-0.2, 0) is 9.59 Å². The number of rotatable bonds is 6. The molecule has 0 spiro atoms. The fourth-order valence-corrected chi connectivity index (χ4v) is 2.91. The number of ether oxygens (including phenoxy) is 1. The second-order valence-corrected chi connectivity index (χ2v) is 6.11. The monoisotopic (exact) mass is 421 g/mol. The molecule has 0 bridgehead atoms. The maximum atomic E-state index is 12.7. The van der Waals surface area contributed by atoms with E-state index in [2.05, 4.69) is 10.1 Å². The summed E-state index contributed by atoms with van der Waals surface area (Å²) >= 11 is 0. The van der Waals surface area contributed by atoms with Crippen molar-refractivity contribution < 1.29 is 32.4 Å². The van der Waals surface area contributed by atoms with E-state index in [1.54, 1.807) is 6.92 Å². The highest BCUT2D eigenvalue weighted by Crippen LogP contribution is 2.32. The summed E-state index contributed by atoms with van der Waals surface area (Å²) in [5.74, 6) is -1.80. The second-order valence-electron chi connectivity index (χ2n) is 6.11. The lowest BCUT2D eigenvalue weighted by Gasteiger charge is -2.13. The summed E-state index contributed by atoms with van der Waals surface area (Å²) in [7, 11) is 0. The standard InChI is InChI=1S/C19H14F3N3O5/c1-2-24-17(26)15(11-6-8-13(9-7-11)25(28)29)16(18(24)27)23-12-4-3-5-14(10-12)30-19(20,21)22/h3-10,23H,2H2,1H3. The number of alkyl halides is 3. The summed E-state index contributed by atoms with van der Waals surface area (Å²) in [4.78, 5) is 36.6. The molecule has 0 radical (unpaired) electrons. The van der Waals surface area contributed by atoms with Crippen molar-refractivity contribution in [1.82, 2.24) is 4.90 Å². The third-order valence-corrected chi connectivity index (χ3v) is 4.19. The summed E-state index contributed by atoms with van der Waals surface area (Å²) in [6, 6.07) is 9.81. The number of hydrogen-bond donors (Lipinski definition) is 1. The third-order valence-electron chi connectivity index (χ3n) is 4.19. The van der Waals surface area contributed by atoms with Gasteiger partial charge in [0.15, 0.2) is 0 Å². The van der Waals surface area contributed by atoms with Crippen LogP contribution < -0.4 is 10.1 Å². The Morgan fingerprint density at radius 2 is 1.77 bits per heavy atom. The van der Waals surface area contributed by atoms with Crippen LogP contribution in [0, 0.1) is 10.1 Å². The van der Waals surface area contributed by atoms with E-state index < -0.39 is 28.8 Å².